The molecule has 1 unspecified atom stereocenters. The summed E-state index contributed by atoms with van der Waals surface area (Å²) >= 11 is 0. The molecule has 2 N–H and O–H groups in total. The molecule has 0 aromatic rings. The van der Waals surface area contributed by atoms with E-state index in [1.165, 1.54) is 0 Å². The van der Waals surface area contributed by atoms with Gasteiger partial charge >= 0.3 is 6.18 Å². The van der Waals surface area contributed by atoms with Gasteiger partial charge in [0.2, 0.25) is 0 Å². The smallest absolute Gasteiger partial charge is 0.317 e. The maximum Gasteiger partial charge on any atom is 0.391 e. The number of nitrogens with one attached hydrogen (secondary N) is 2. The minimum Gasteiger partial charge on any atom is -0.317 e. The highest BCUT2D eigenvalue weighted by molar-refractivity contribution is 4.84. The van der Waals surface area contributed by atoms with Crippen LogP contribution in [0.25, 0.3) is 0 Å². The first-order chi connectivity index (χ1) is 8.55. The molecule has 1 heterocycles. The molecule has 0 radical (unpaired) electrons. The van der Waals surface area contributed by atoms with Gasteiger partial charge in [0, 0.05) is 12.1 Å². The first-order valence-electron chi connectivity index (χ1n) is 7.09. The fraction of sp³-hybridized carbons (Fsp3) is 1.00. The molecule has 1 saturated heterocycles. The van der Waals surface area contributed by atoms with Crippen LogP contribution in [0.1, 0.15) is 44.9 Å². The third-order valence-electron chi connectivity index (χ3n) is 4.24. The number of halogens is 3. The average Bonchev–Trinajstić information content (AvgIpc) is 2.57. The lowest BCUT2D eigenvalue weighted by molar-refractivity contribution is -0.182. The third kappa shape index (κ3) is 4.12. The molecule has 0 spiro atoms. The molecule has 1 aliphatic heterocycles. The van der Waals surface area contributed by atoms with Gasteiger partial charge in [0.15, 0.2) is 0 Å². The van der Waals surface area contributed by atoms with E-state index in [0.717, 1.165) is 32.4 Å². The summed E-state index contributed by atoms with van der Waals surface area (Å²) < 4.78 is 37.7. The molecule has 1 atom stereocenters. The molecule has 1 aliphatic carbocycles. The standard InChI is InChI=1S/C13H23F3N2/c14-13(15,16)10-3-5-12(6-4-10)18-11-2-1-8-17-9-7-11/h10-12,17-18H,1-9H2. The summed E-state index contributed by atoms with van der Waals surface area (Å²) in [6.07, 6.45) is 1.36. The minimum absolute atomic E-state index is 0.298. The first-order valence-corrected chi connectivity index (χ1v) is 7.09. The van der Waals surface area contributed by atoms with Crippen molar-refractivity contribution in [3.05, 3.63) is 0 Å². The van der Waals surface area contributed by atoms with E-state index >= 15 is 0 Å². The van der Waals surface area contributed by atoms with Gasteiger partial charge in [-0.25, -0.2) is 0 Å². The zero-order chi connectivity index (χ0) is 13.0. The van der Waals surface area contributed by atoms with Gasteiger partial charge in [-0.2, -0.15) is 13.2 Å². The SMILES string of the molecule is FC(F)(F)C1CCC(NC2CCCNCC2)CC1. The van der Waals surface area contributed by atoms with Gasteiger partial charge in [0.1, 0.15) is 0 Å². The maximum absolute atomic E-state index is 12.6. The second-order valence-corrected chi connectivity index (χ2v) is 5.63. The van der Waals surface area contributed by atoms with Crippen LogP contribution >= 0.6 is 0 Å². The Kier molecular flexibility index (Phi) is 4.90. The summed E-state index contributed by atoms with van der Waals surface area (Å²) in [5.41, 5.74) is 0. The zero-order valence-electron chi connectivity index (χ0n) is 10.7. The quantitative estimate of drug-likeness (QED) is 0.801. The lowest BCUT2D eigenvalue weighted by Gasteiger charge is -2.32. The highest BCUT2D eigenvalue weighted by Gasteiger charge is 2.41. The van der Waals surface area contributed by atoms with Crippen molar-refractivity contribution in [1.29, 1.82) is 0 Å². The van der Waals surface area contributed by atoms with Crippen LogP contribution < -0.4 is 10.6 Å². The molecular formula is C13H23F3N2. The van der Waals surface area contributed by atoms with E-state index in [1.807, 2.05) is 0 Å². The lowest BCUT2D eigenvalue weighted by Crippen LogP contribution is -2.42. The highest BCUT2D eigenvalue weighted by Crippen LogP contribution is 2.37. The largest absolute Gasteiger partial charge is 0.391 e. The van der Waals surface area contributed by atoms with E-state index in [0.29, 0.717) is 37.8 Å². The first kappa shape index (κ1) is 14.1. The molecule has 2 nitrogen and oxygen atoms in total. The van der Waals surface area contributed by atoms with Crippen molar-refractivity contribution < 1.29 is 13.2 Å². The van der Waals surface area contributed by atoms with Crippen molar-refractivity contribution in [2.45, 2.75) is 63.2 Å². The number of alkyl halides is 3. The predicted octanol–water partition coefficient (Wildman–Crippen LogP) is 2.84. The Bertz CT molecular complexity index is 239. The fourth-order valence-electron chi connectivity index (χ4n) is 3.11. The number of hydrogen-bond acceptors (Lipinski definition) is 2. The average molecular weight is 264 g/mol. The van der Waals surface area contributed by atoms with Gasteiger partial charge in [-0.1, -0.05) is 0 Å². The lowest BCUT2D eigenvalue weighted by atomic mass is 9.85. The van der Waals surface area contributed by atoms with Crippen LogP contribution in [0, 0.1) is 5.92 Å². The Hall–Kier alpha value is -0.290. The van der Waals surface area contributed by atoms with Crippen molar-refractivity contribution in [3.8, 4) is 0 Å². The Morgan fingerprint density at radius 2 is 1.50 bits per heavy atom. The van der Waals surface area contributed by atoms with Gasteiger partial charge in [0.05, 0.1) is 5.92 Å². The second kappa shape index (κ2) is 6.24. The molecule has 18 heavy (non-hydrogen) atoms. The van der Waals surface area contributed by atoms with Crippen molar-refractivity contribution >= 4 is 0 Å². The van der Waals surface area contributed by atoms with Gasteiger partial charge in [-0.15, -0.1) is 0 Å². The van der Waals surface area contributed by atoms with E-state index in [4.69, 9.17) is 0 Å². The van der Waals surface area contributed by atoms with Crippen LogP contribution in [-0.4, -0.2) is 31.3 Å². The van der Waals surface area contributed by atoms with Crippen molar-refractivity contribution in [2.24, 2.45) is 5.92 Å². The van der Waals surface area contributed by atoms with Crippen LogP contribution in [0.3, 0.4) is 0 Å². The Balaban J connectivity index is 1.72. The predicted molar refractivity (Wildman–Crippen MR) is 65.4 cm³/mol. The van der Waals surface area contributed by atoms with Crippen LogP contribution in [0.4, 0.5) is 13.2 Å². The molecule has 1 saturated carbocycles. The molecule has 0 amide bonds. The Morgan fingerprint density at radius 1 is 0.833 bits per heavy atom. The van der Waals surface area contributed by atoms with E-state index in [2.05, 4.69) is 10.6 Å². The summed E-state index contributed by atoms with van der Waals surface area (Å²) in [6.45, 7) is 2.09. The summed E-state index contributed by atoms with van der Waals surface area (Å²) in [4.78, 5) is 0. The monoisotopic (exact) mass is 264 g/mol. The molecule has 106 valence electrons. The number of hydrogen-bond donors (Lipinski definition) is 2. The molecular weight excluding hydrogens is 241 g/mol. The molecule has 2 rings (SSSR count). The maximum atomic E-state index is 12.6. The molecule has 2 aliphatic rings. The Labute approximate surface area is 107 Å². The zero-order valence-corrected chi connectivity index (χ0v) is 10.7. The topological polar surface area (TPSA) is 24.1 Å². The molecule has 2 fully saturated rings. The summed E-state index contributed by atoms with van der Waals surface area (Å²) in [5.74, 6) is -1.06. The van der Waals surface area contributed by atoms with Crippen molar-refractivity contribution in [3.63, 3.8) is 0 Å². The summed E-state index contributed by atoms with van der Waals surface area (Å²) in [5, 5.41) is 6.92. The van der Waals surface area contributed by atoms with E-state index in [1.54, 1.807) is 0 Å². The summed E-state index contributed by atoms with van der Waals surface area (Å²) in [6, 6.07) is 0.791. The molecule has 0 bridgehead atoms. The normalized spacial score (nSPS) is 35.2. The van der Waals surface area contributed by atoms with Crippen molar-refractivity contribution in [1.82, 2.24) is 10.6 Å². The van der Waals surface area contributed by atoms with Gasteiger partial charge < -0.3 is 10.6 Å². The Morgan fingerprint density at radius 3 is 2.17 bits per heavy atom. The van der Waals surface area contributed by atoms with E-state index < -0.39 is 12.1 Å². The van der Waals surface area contributed by atoms with E-state index in [-0.39, 0.29) is 0 Å². The minimum atomic E-state index is -3.99. The highest BCUT2D eigenvalue weighted by atomic mass is 19.4. The van der Waals surface area contributed by atoms with Crippen molar-refractivity contribution in [2.75, 3.05) is 13.1 Å². The summed E-state index contributed by atoms with van der Waals surface area (Å²) in [7, 11) is 0. The molecule has 5 heteroatoms. The molecule has 0 aromatic heterocycles. The van der Waals surface area contributed by atoms with E-state index in [9.17, 15) is 13.2 Å². The number of rotatable bonds is 2. The van der Waals surface area contributed by atoms with Crippen LogP contribution in [0.15, 0.2) is 0 Å². The molecule has 0 aromatic carbocycles. The van der Waals surface area contributed by atoms with Crippen LogP contribution in [0.2, 0.25) is 0 Å². The van der Waals surface area contributed by atoms with Gasteiger partial charge in [-0.05, 0) is 58.0 Å². The third-order valence-corrected chi connectivity index (χ3v) is 4.24. The van der Waals surface area contributed by atoms with Crippen LogP contribution in [0.5, 0.6) is 0 Å². The second-order valence-electron chi connectivity index (χ2n) is 5.63. The van der Waals surface area contributed by atoms with Gasteiger partial charge in [-0.3, -0.25) is 0 Å². The van der Waals surface area contributed by atoms with Gasteiger partial charge in [0.25, 0.3) is 0 Å². The fourth-order valence-corrected chi connectivity index (χ4v) is 3.11. The van der Waals surface area contributed by atoms with Crippen LogP contribution in [-0.2, 0) is 0 Å².